The van der Waals surface area contributed by atoms with Gasteiger partial charge in [0, 0.05) is 42.6 Å². The largest absolute Gasteiger partial charge is 0.417 e. The Hall–Kier alpha value is -2.53. The predicted octanol–water partition coefficient (Wildman–Crippen LogP) is 3.40. The van der Waals surface area contributed by atoms with Crippen molar-refractivity contribution in [2.75, 3.05) is 13.1 Å². The highest BCUT2D eigenvalue weighted by molar-refractivity contribution is 7.76. The lowest BCUT2D eigenvalue weighted by Gasteiger charge is -2.29. The van der Waals surface area contributed by atoms with Crippen LogP contribution in [-0.4, -0.2) is 50.7 Å². The van der Waals surface area contributed by atoms with Gasteiger partial charge in [0.1, 0.15) is 17.2 Å². The zero-order chi connectivity index (χ0) is 24.2. The first-order chi connectivity index (χ1) is 15.6. The number of rotatable bonds is 7. The molecule has 0 aliphatic carbocycles. The summed E-state index contributed by atoms with van der Waals surface area (Å²) in [5.74, 6) is 0.451. The van der Waals surface area contributed by atoms with E-state index < -0.39 is 11.7 Å². The Kier molecular flexibility index (Phi) is 8.06. The van der Waals surface area contributed by atoms with E-state index in [0.29, 0.717) is 22.4 Å². The van der Waals surface area contributed by atoms with Gasteiger partial charge in [0.25, 0.3) is 0 Å². The number of H-pyrrole nitrogens is 1. The molecule has 3 rings (SSSR count). The highest BCUT2D eigenvalue weighted by Crippen LogP contribution is 2.31. The molecule has 0 aromatic carbocycles. The molecule has 0 unspecified atom stereocenters. The number of nitrogens with one attached hydrogen (secondary N) is 1. The summed E-state index contributed by atoms with van der Waals surface area (Å²) in [6.07, 6.45) is 2.52. The molecule has 11 heteroatoms. The molecule has 180 valence electrons. The second-order valence-corrected chi connectivity index (χ2v) is 10.3. The fourth-order valence-corrected chi connectivity index (χ4v) is 4.98. The molecule has 3 heterocycles. The van der Waals surface area contributed by atoms with Gasteiger partial charge >= 0.3 is 6.18 Å². The van der Waals surface area contributed by atoms with Gasteiger partial charge in [-0.05, 0) is 45.6 Å². The van der Waals surface area contributed by atoms with Crippen molar-refractivity contribution in [3.63, 3.8) is 0 Å². The molecule has 0 radical (unpaired) electrons. The number of alkyl halides is 3. The number of nitrogens with zero attached hydrogens (tertiary/aromatic N) is 4. The molecule has 5 N–H and O–H groups in total. The Morgan fingerprint density at radius 3 is 2.61 bits per heavy atom. The Morgan fingerprint density at radius 1 is 1.30 bits per heavy atom. The summed E-state index contributed by atoms with van der Waals surface area (Å²) in [5, 5.41) is 0.879. The van der Waals surface area contributed by atoms with Crippen molar-refractivity contribution in [2.24, 2.45) is 27.4 Å². The van der Waals surface area contributed by atoms with Crippen molar-refractivity contribution in [1.82, 2.24) is 14.3 Å². The molecule has 33 heavy (non-hydrogen) atoms. The lowest BCUT2D eigenvalue weighted by atomic mass is 9.92. The van der Waals surface area contributed by atoms with Crippen LogP contribution in [0.4, 0.5) is 13.2 Å². The summed E-state index contributed by atoms with van der Waals surface area (Å²) in [7, 11) is 0. The summed E-state index contributed by atoms with van der Waals surface area (Å²) >= 11 is 1.37. The fourth-order valence-electron chi connectivity index (χ4n) is 3.86. The molecule has 0 amide bonds. The number of hydrogen-bond donors (Lipinski definition) is 3. The zero-order valence-electron chi connectivity index (χ0n) is 19.0. The van der Waals surface area contributed by atoms with Gasteiger partial charge in [0.05, 0.1) is 35.0 Å². The van der Waals surface area contributed by atoms with Crippen LogP contribution in [0.25, 0.3) is 11.0 Å². The molecule has 0 spiro atoms. The lowest BCUT2D eigenvalue weighted by Crippen LogP contribution is -2.37. The molecule has 1 atom stereocenters. The quantitative estimate of drug-likeness (QED) is 0.243. The molecule has 0 bridgehead atoms. The van der Waals surface area contributed by atoms with Crippen LogP contribution in [0.15, 0.2) is 40.3 Å². The van der Waals surface area contributed by atoms with Crippen molar-refractivity contribution in [1.29, 1.82) is 0 Å². The van der Waals surface area contributed by atoms with Crippen LogP contribution in [0.5, 0.6) is 0 Å². The van der Waals surface area contributed by atoms with Gasteiger partial charge in [-0.1, -0.05) is 0 Å². The highest BCUT2D eigenvalue weighted by Gasteiger charge is 2.32. The number of nitrogens with two attached hydrogens (primary N) is 2. The summed E-state index contributed by atoms with van der Waals surface area (Å²) in [4.78, 5) is 15.7. The van der Waals surface area contributed by atoms with Gasteiger partial charge in [-0.2, -0.15) is 13.2 Å². The molecule has 1 aliphatic rings. The highest BCUT2D eigenvalue weighted by atomic mass is 32.2. The molecule has 2 aromatic heterocycles. The average Bonchev–Trinajstić information content (AvgIpc) is 3.18. The number of halogens is 3. The topological polar surface area (TPSA) is 109 Å². The number of pyridine rings is 1. The van der Waals surface area contributed by atoms with Crippen LogP contribution in [0.3, 0.4) is 0 Å². The van der Waals surface area contributed by atoms with E-state index in [0.717, 1.165) is 38.2 Å². The normalized spacial score (nSPS) is 18.6. The van der Waals surface area contributed by atoms with E-state index in [2.05, 4.69) is 45.0 Å². The third kappa shape index (κ3) is 6.29. The van der Waals surface area contributed by atoms with Crippen LogP contribution in [-0.2, 0) is 18.1 Å². The summed E-state index contributed by atoms with van der Waals surface area (Å²) in [6, 6.07) is 1.09. The molecular weight excluding hydrogens is 451 g/mol. The average molecular weight is 483 g/mol. The third-order valence-corrected chi connectivity index (χ3v) is 6.84. The predicted molar refractivity (Wildman–Crippen MR) is 130 cm³/mol. The van der Waals surface area contributed by atoms with Gasteiger partial charge in [-0.25, -0.2) is 9.98 Å². The number of fused-ring (bicyclic) bond motifs is 1. The second kappa shape index (κ2) is 10.6. The van der Waals surface area contributed by atoms with Crippen molar-refractivity contribution >= 4 is 35.0 Å². The Balaban J connectivity index is 1.80. The zero-order valence-corrected chi connectivity index (χ0v) is 19.9. The van der Waals surface area contributed by atoms with Crippen LogP contribution in [0, 0.1) is 5.92 Å². The fraction of sp³-hybridized carbons (Fsp3) is 0.500. The van der Waals surface area contributed by atoms with Gasteiger partial charge in [0.15, 0.2) is 0 Å². The maximum atomic E-state index is 13.2. The van der Waals surface area contributed by atoms with Gasteiger partial charge in [-0.3, -0.25) is 4.99 Å². The smallest absolute Gasteiger partial charge is 0.403 e. The number of allylic oxidation sites excluding steroid dienone is 1. The molecule has 7 nitrogen and oxygen atoms in total. The number of piperidine rings is 1. The molecule has 1 fully saturated rings. The van der Waals surface area contributed by atoms with Crippen molar-refractivity contribution in [3.05, 3.63) is 41.5 Å². The monoisotopic (exact) mass is 482 g/mol. The van der Waals surface area contributed by atoms with Crippen molar-refractivity contribution in [2.45, 2.75) is 51.1 Å². The summed E-state index contributed by atoms with van der Waals surface area (Å²) in [6.45, 7) is 8.58. The number of aromatic amines is 1. The van der Waals surface area contributed by atoms with Crippen molar-refractivity contribution in [3.8, 4) is 0 Å². The van der Waals surface area contributed by atoms with Gasteiger partial charge in [0.2, 0.25) is 0 Å². The molecule has 1 aliphatic heterocycles. The summed E-state index contributed by atoms with van der Waals surface area (Å²) < 4.78 is 42.0. The Morgan fingerprint density at radius 2 is 2.00 bits per heavy atom. The van der Waals surface area contributed by atoms with E-state index in [1.807, 2.05) is 0 Å². The van der Waals surface area contributed by atoms with E-state index in [1.165, 1.54) is 30.7 Å². The van der Waals surface area contributed by atoms with E-state index >= 15 is 0 Å². The maximum Gasteiger partial charge on any atom is 0.417 e. The van der Waals surface area contributed by atoms with Crippen LogP contribution in [0.1, 0.15) is 44.7 Å². The van der Waals surface area contributed by atoms with Crippen LogP contribution < -0.4 is 11.5 Å². The van der Waals surface area contributed by atoms with Gasteiger partial charge < -0.3 is 16.5 Å². The van der Waals surface area contributed by atoms with Gasteiger partial charge in [-0.15, -0.1) is 4.31 Å². The first-order valence-electron chi connectivity index (χ1n) is 10.9. The van der Waals surface area contributed by atoms with Crippen LogP contribution >= 0.6 is 0 Å². The molecule has 1 saturated heterocycles. The minimum atomic E-state index is -4.51. The molecule has 0 saturated carbocycles. The number of aromatic nitrogens is 2. The Labute approximate surface area is 195 Å². The van der Waals surface area contributed by atoms with E-state index in [-0.39, 0.29) is 22.8 Å². The standard InChI is InChI=1S/C22H30F3N7S/c1-13(2)33-32-6-4-15(5-7-32)14(3)30-12-31-20(19(27)9-26)18-11-29-21-17(18)8-16(10-28-21)22(23,24)25/h8-15H,4-7,26-27H2,1-3H3,(H,28,29)/p+1/t14-/m1/s1. The first-order valence-corrected chi connectivity index (χ1v) is 11.8. The second-order valence-electron chi connectivity index (χ2n) is 8.43. The number of hydrogen-bond acceptors (Lipinski definition) is 5. The lowest BCUT2D eigenvalue weighted by molar-refractivity contribution is -0.137. The minimum absolute atomic E-state index is 0.0671. The number of thiol groups is 1. The molecular formula is C22H31F3N7S+. The maximum absolute atomic E-state index is 13.2. The van der Waals surface area contributed by atoms with E-state index in [1.54, 1.807) is 0 Å². The first kappa shape index (κ1) is 25.1. The third-order valence-electron chi connectivity index (χ3n) is 5.65. The SMILES string of the molecule is CC(C)[SH+]N1CCC([C@@H](C)N=CN=C(C(N)=CN)c2c[nH]c3ncc(C(F)(F)F)cc23)CC1. The van der Waals surface area contributed by atoms with E-state index in [4.69, 9.17) is 11.5 Å². The minimum Gasteiger partial charge on any atom is -0.403 e. The van der Waals surface area contributed by atoms with Crippen LogP contribution in [0.2, 0.25) is 0 Å². The number of aliphatic imine (C=N–C) groups is 2. The molecule has 2 aromatic rings. The van der Waals surface area contributed by atoms with E-state index in [9.17, 15) is 13.2 Å². The summed E-state index contributed by atoms with van der Waals surface area (Å²) in [5.41, 5.74) is 11.8. The van der Waals surface area contributed by atoms with Crippen molar-refractivity contribution < 1.29 is 13.2 Å². The Bertz CT molecular complexity index is 1030.